The minimum atomic E-state index is -1.34. The molecule has 1 heterocycles. The molecule has 0 amide bonds. The lowest BCUT2D eigenvalue weighted by molar-refractivity contribution is -0.255. The van der Waals surface area contributed by atoms with E-state index in [1.807, 2.05) is 6.92 Å². The van der Waals surface area contributed by atoms with E-state index in [2.05, 4.69) is 4.98 Å². The molecule has 1 aromatic carbocycles. The van der Waals surface area contributed by atoms with Crippen LogP contribution in [0.15, 0.2) is 24.3 Å². The number of aromatic amines is 1. The summed E-state index contributed by atoms with van der Waals surface area (Å²) in [7, 11) is 1.53. The maximum absolute atomic E-state index is 12.5. The Balaban J connectivity index is 2.36. The molecule has 6 nitrogen and oxygen atoms in total. The van der Waals surface area contributed by atoms with Gasteiger partial charge in [0.1, 0.15) is 0 Å². The Hall–Kier alpha value is -3.02. The standard InChI is InChI=1S/C19H21NO5/c1-5-25-15-8-6-7-13(18(15)24-4)9-10-14(21)16-11(2)17(19(22)23)20-12(16)3/h6-10,20H,5H2,1-4H3,(H,22,23)/p-1/b10-9+. The molecular formula is C19H20NO5-. The van der Waals surface area contributed by atoms with Crippen LogP contribution in [0, 0.1) is 13.8 Å². The number of benzene rings is 1. The van der Waals surface area contributed by atoms with Gasteiger partial charge in [-0.05, 0) is 44.6 Å². The van der Waals surface area contributed by atoms with Gasteiger partial charge in [-0.3, -0.25) is 4.79 Å². The lowest BCUT2D eigenvalue weighted by Crippen LogP contribution is -2.23. The molecule has 0 saturated heterocycles. The summed E-state index contributed by atoms with van der Waals surface area (Å²) in [5.74, 6) is -0.517. The molecule has 0 atom stereocenters. The van der Waals surface area contributed by atoms with Crippen LogP contribution in [0.4, 0.5) is 0 Å². The van der Waals surface area contributed by atoms with E-state index in [0.29, 0.717) is 40.5 Å². The van der Waals surface area contributed by atoms with Crippen molar-refractivity contribution in [3.63, 3.8) is 0 Å². The molecule has 0 unspecified atom stereocenters. The van der Waals surface area contributed by atoms with Crippen molar-refractivity contribution in [3.05, 3.63) is 52.4 Å². The summed E-state index contributed by atoms with van der Waals surface area (Å²) in [5.41, 5.74) is 1.79. The van der Waals surface area contributed by atoms with Gasteiger partial charge in [0.2, 0.25) is 0 Å². The van der Waals surface area contributed by atoms with E-state index in [1.165, 1.54) is 13.2 Å². The van der Waals surface area contributed by atoms with Crippen molar-refractivity contribution in [3.8, 4) is 11.5 Å². The number of carbonyl (C=O) groups excluding carboxylic acids is 2. The first kappa shape index (κ1) is 18.3. The fourth-order valence-electron chi connectivity index (χ4n) is 2.72. The van der Waals surface area contributed by atoms with Crippen molar-refractivity contribution in [2.75, 3.05) is 13.7 Å². The Morgan fingerprint density at radius 3 is 2.56 bits per heavy atom. The number of para-hydroxylation sites is 1. The van der Waals surface area contributed by atoms with Crippen LogP contribution in [-0.4, -0.2) is 30.5 Å². The lowest BCUT2D eigenvalue weighted by atomic mass is 10.0. The van der Waals surface area contributed by atoms with Crippen molar-refractivity contribution in [2.24, 2.45) is 0 Å². The largest absolute Gasteiger partial charge is 0.543 e. The number of methoxy groups -OCH3 is 1. The molecule has 0 aliphatic rings. The smallest absolute Gasteiger partial charge is 0.187 e. The maximum atomic E-state index is 12.5. The number of allylic oxidation sites excluding steroid dienone is 1. The highest BCUT2D eigenvalue weighted by Gasteiger charge is 2.17. The van der Waals surface area contributed by atoms with Gasteiger partial charge in [-0.25, -0.2) is 0 Å². The number of H-pyrrole nitrogens is 1. The number of carboxylic acid groups (broad SMARTS) is 1. The molecule has 25 heavy (non-hydrogen) atoms. The molecule has 0 aliphatic carbocycles. The van der Waals surface area contributed by atoms with Gasteiger partial charge >= 0.3 is 0 Å². The number of aromatic nitrogens is 1. The highest BCUT2D eigenvalue weighted by molar-refractivity contribution is 6.10. The number of ether oxygens (including phenoxy) is 2. The molecule has 0 aliphatic heterocycles. The third-order valence-electron chi connectivity index (χ3n) is 3.82. The molecule has 0 radical (unpaired) electrons. The minimum absolute atomic E-state index is 0.0785. The van der Waals surface area contributed by atoms with E-state index in [4.69, 9.17) is 9.47 Å². The summed E-state index contributed by atoms with van der Waals surface area (Å²) in [4.78, 5) is 26.3. The highest BCUT2D eigenvalue weighted by atomic mass is 16.5. The molecule has 6 heteroatoms. The second kappa shape index (κ2) is 7.70. The highest BCUT2D eigenvalue weighted by Crippen LogP contribution is 2.32. The molecule has 1 N–H and O–H groups in total. The third kappa shape index (κ3) is 3.74. The molecule has 1 aromatic heterocycles. The fraction of sp³-hybridized carbons (Fsp3) is 0.263. The van der Waals surface area contributed by atoms with Crippen LogP contribution in [0.2, 0.25) is 0 Å². The number of aryl methyl sites for hydroxylation is 1. The summed E-state index contributed by atoms with van der Waals surface area (Å²) in [5, 5.41) is 11.1. The van der Waals surface area contributed by atoms with E-state index in [0.717, 1.165) is 0 Å². The van der Waals surface area contributed by atoms with Gasteiger partial charge in [0.25, 0.3) is 0 Å². The van der Waals surface area contributed by atoms with Crippen LogP contribution >= 0.6 is 0 Å². The van der Waals surface area contributed by atoms with Crippen molar-refractivity contribution < 1.29 is 24.2 Å². The van der Waals surface area contributed by atoms with E-state index in [9.17, 15) is 14.7 Å². The fourth-order valence-corrected chi connectivity index (χ4v) is 2.72. The zero-order valence-electron chi connectivity index (χ0n) is 14.6. The topological polar surface area (TPSA) is 91.5 Å². The zero-order chi connectivity index (χ0) is 18.6. The van der Waals surface area contributed by atoms with Crippen molar-refractivity contribution in [2.45, 2.75) is 20.8 Å². The Kier molecular flexibility index (Phi) is 5.64. The molecule has 2 aromatic rings. The summed E-state index contributed by atoms with van der Waals surface area (Å²) < 4.78 is 10.9. The first-order valence-electron chi connectivity index (χ1n) is 7.83. The van der Waals surface area contributed by atoms with Crippen LogP contribution in [0.3, 0.4) is 0 Å². The first-order valence-corrected chi connectivity index (χ1v) is 7.83. The number of nitrogens with one attached hydrogen (secondary N) is 1. The SMILES string of the molecule is CCOc1cccc(/C=C/C(=O)c2c(C)[nH]c(C(=O)[O-])c2C)c1OC. The van der Waals surface area contributed by atoms with Crippen LogP contribution in [0.1, 0.15) is 44.6 Å². The predicted molar refractivity (Wildman–Crippen MR) is 92.1 cm³/mol. The normalized spacial score (nSPS) is 10.9. The Labute approximate surface area is 146 Å². The first-order chi connectivity index (χ1) is 11.9. The average molecular weight is 342 g/mol. The summed E-state index contributed by atoms with van der Waals surface area (Å²) >= 11 is 0. The molecule has 132 valence electrons. The Bertz CT molecular complexity index is 833. The van der Waals surface area contributed by atoms with Crippen LogP contribution in [-0.2, 0) is 0 Å². The lowest BCUT2D eigenvalue weighted by Gasteiger charge is -2.11. The molecule has 2 rings (SSSR count). The number of aromatic carboxylic acids is 1. The molecular weight excluding hydrogens is 322 g/mol. The summed E-state index contributed by atoms with van der Waals surface area (Å²) in [6.45, 7) is 5.59. The van der Waals surface area contributed by atoms with Crippen LogP contribution < -0.4 is 14.6 Å². The second-order valence-corrected chi connectivity index (χ2v) is 5.42. The molecule has 0 saturated carbocycles. The van der Waals surface area contributed by atoms with Gasteiger partial charge in [0.05, 0.1) is 25.4 Å². The van der Waals surface area contributed by atoms with Gasteiger partial charge in [-0.1, -0.05) is 12.1 Å². The maximum Gasteiger partial charge on any atom is 0.187 e. The Morgan fingerprint density at radius 1 is 1.28 bits per heavy atom. The zero-order valence-corrected chi connectivity index (χ0v) is 14.6. The number of hydrogen-bond donors (Lipinski definition) is 1. The van der Waals surface area contributed by atoms with Gasteiger partial charge in [0, 0.05) is 16.8 Å². The number of hydrogen-bond acceptors (Lipinski definition) is 5. The summed E-state index contributed by atoms with van der Waals surface area (Å²) in [6.07, 6.45) is 3.00. The number of ketones is 1. The van der Waals surface area contributed by atoms with Crippen molar-refractivity contribution in [1.82, 2.24) is 4.98 Å². The molecule has 0 spiro atoms. The van der Waals surface area contributed by atoms with Crippen molar-refractivity contribution >= 4 is 17.8 Å². The van der Waals surface area contributed by atoms with Gasteiger partial charge in [0.15, 0.2) is 17.3 Å². The third-order valence-corrected chi connectivity index (χ3v) is 3.82. The predicted octanol–water partition coefficient (Wildman–Crippen LogP) is 2.30. The number of carbonyl (C=O) groups is 2. The van der Waals surface area contributed by atoms with E-state index in [-0.39, 0.29) is 11.5 Å². The van der Waals surface area contributed by atoms with E-state index >= 15 is 0 Å². The quantitative estimate of drug-likeness (QED) is 0.616. The monoisotopic (exact) mass is 342 g/mol. The van der Waals surface area contributed by atoms with E-state index in [1.54, 1.807) is 38.1 Å². The number of carboxylic acids is 1. The van der Waals surface area contributed by atoms with Gasteiger partial charge < -0.3 is 24.4 Å². The molecule has 0 fully saturated rings. The summed E-state index contributed by atoms with van der Waals surface area (Å²) in [6, 6.07) is 5.39. The molecule has 0 bridgehead atoms. The van der Waals surface area contributed by atoms with E-state index < -0.39 is 5.97 Å². The Morgan fingerprint density at radius 2 is 2.00 bits per heavy atom. The minimum Gasteiger partial charge on any atom is -0.543 e. The van der Waals surface area contributed by atoms with Gasteiger partial charge in [-0.2, -0.15) is 0 Å². The average Bonchev–Trinajstić information content (AvgIpc) is 2.88. The number of rotatable bonds is 7. The van der Waals surface area contributed by atoms with Crippen LogP contribution in [0.25, 0.3) is 6.08 Å². The second-order valence-electron chi connectivity index (χ2n) is 5.42. The van der Waals surface area contributed by atoms with Crippen molar-refractivity contribution in [1.29, 1.82) is 0 Å². The van der Waals surface area contributed by atoms with Gasteiger partial charge in [-0.15, -0.1) is 0 Å². The van der Waals surface area contributed by atoms with Crippen LogP contribution in [0.5, 0.6) is 11.5 Å².